The van der Waals surface area contributed by atoms with Crippen LogP contribution in [0.5, 0.6) is 0 Å². The Morgan fingerprint density at radius 3 is 2.44 bits per heavy atom. The fourth-order valence-electron chi connectivity index (χ4n) is 2.64. The van der Waals surface area contributed by atoms with Gasteiger partial charge in [0, 0.05) is 19.2 Å². The average Bonchev–Trinajstić information content (AvgIpc) is 2.16. The van der Waals surface area contributed by atoms with Crippen molar-refractivity contribution < 1.29 is 9.47 Å². The molecule has 1 saturated heterocycles. The van der Waals surface area contributed by atoms with Crippen molar-refractivity contribution in [1.29, 1.82) is 0 Å². The van der Waals surface area contributed by atoms with E-state index in [1.165, 1.54) is 12.8 Å². The van der Waals surface area contributed by atoms with Crippen LogP contribution in [0.25, 0.3) is 0 Å². The second kappa shape index (κ2) is 7.25. The summed E-state index contributed by atoms with van der Waals surface area (Å²) in [6.45, 7) is 7.36. The first-order valence-corrected chi connectivity index (χ1v) is 6.56. The fourth-order valence-corrected chi connectivity index (χ4v) is 2.64. The smallest absolute Gasteiger partial charge is 0.0615 e. The predicted molar refractivity (Wildman–Crippen MR) is 66.7 cm³/mol. The Balaban J connectivity index is 2.37. The Hall–Kier alpha value is -0.120. The molecule has 96 valence electrons. The van der Waals surface area contributed by atoms with Crippen molar-refractivity contribution in [2.24, 2.45) is 0 Å². The number of nitrogens with one attached hydrogen (secondary N) is 1. The van der Waals surface area contributed by atoms with Gasteiger partial charge in [-0.2, -0.15) is 0 Å². The Kier molecular flexibility index (Phi) is 6.32. The number of hydrogen-bond acceptors (Lipinski definition) is 3. The van der Waals surface area contributed by atoms with Gasteiger partial charge in [-0.3, -0.25) is 0 Å². The summed E-state index contributed by atoms with van der Waals surface area (Å²) in [5.41, 5.74) is 0. The summed E-state index contributed by atoms with van der Waals surface area (Å²) in [6.07, 6.45) is 5.39. The Morgan fingerprint density at radius 2 is 1.94 bits per heavy atom. The van der Waals surface area contributed by atoms with Crippen LogP contribution in [0.15, 0.2) is 0 Å². The topological polar surface area (TPSA) is 30.5 Å². The molecule has 0 spiro atoms. The summed E-state index contributed by atoms with van der Waals surface area (Å²) < 4.78 is 11.0. The van der Waals surface area contributed by atoms with Gasteiger partial charge in [0.1, 0.15) is 0 Å². The molecule has 1 N–H and O–H groups in total. The van der Waals surface area contributed by atoms with Crippen LogP contribution in [0.2, 0.25) is 0 Å². The van der Waals surface area contributed by atoms with E-state index in [-0.39, 0.29) is 0 Å². The van der Waals surface area contributed by atoms with Crippen molar-refractivity contribution in [3.8, 4) is 0 Å². The molecule has 0 aromatic carbocycles. The van der Waals surface area contributed by atoms with Gasteiger partial charge in [-0.15, -0.1) is 0 Å². The van der Waals surface area contributed by atoms with Crippen molar-refractivity contribution in [2.75, 3.05) is 13.7 Å². The molecule has 3 nitrogen and oxygen atoms in total. The van der Waals surface area contributed by atoms with Gasteiger partial charge in [0.05, 0.1) is 18.8 Å². The van der Waals surface area contributed by atoms with E-state index in [4.69, 9.17) is 9.47 Å². The first-order valence-electron chi connectivity index (χ1n) is 6.56. The molecule has 0 aromatic rings. The van der Waals surface area contributed by atoms with Crippen LogP contribution in [0.4, 0.5) is 0 Å². The highest BCUT2D eigenvalue weighted by atomic mass is 16.5. The van der Waals surface area contributed by atoms with Crippen LogP contribution in [0.3, 0.4) is 0 Å². The lowest BCUT2D eigenvalue weighted by Crippen LogP contribution is -2.47. The fraction of sp³-hybridized carbons (Fsp3) is 1.00. The second-order valence-corrected chi connectivity index (χ2v) is 5.03. The number of rotatable bonds is 6. The van der Waals surface area contributed by atoms with Crippen molar-refractivity contribution >= 4 is 0 Å². The van der Waals surface area contributed by atoms with Gasteiger partial charge >= 0.3 is 0 Å². The Morgan fingerprint density at radius 1 is 1.31 bits per heavy atom. The van der Waals surface area contributed by atoms with Gasteiger partial charge in [0.15, 0.2) is 0 Å². The molecule has 1 rings (SSSR count). The maximum Gasteiger partial charge on any atom is 0.0615 e. The monoisotopic (exact) mass is 229 g/mol. The maximum absolute atomic E-state index is 5.75. The van der Waals surface area contributed by atoms with E-state index < -0.39 is 0 Å². The second-order valence-electron chi connectivity index (χ2n) is 5.03. The minimum Gasteiger partial charge on any atom is -0.383 e. The largest absolute Gasteiger partial charge is 0.383 e. The standard InChI is InChI=1S/C13H27NO2/c1-5-6-12(9-15-4)14-13-7-10(2)16-11(3)8-13/h10-14H,5-9H2,1-4H3. The molecule has 16 heavy (non-hydrogen) atoms. The quantitative estimate of drug-likeness (QED) is 0.758. The normalized spacial score (nSPS) is 32.6. The van der Waals surface area contributed by atoms with Crippen molar-refractivity contribution in [2.45, 2.75) is 70.7 Å². The first kappa shape index (κ1) is 13.9. The van der Waals surface area contributed by atoms with Crippen LogP contribution >= 0.6 is 0 Å². The highest BCUT2D eigenvalue weighted by molar-refractivity contribution is 4.81. The molecule has 0 aromatic heterocycles. The van der Waals surface area contributed by atoms with Crippen LogP contribution in [0.1, 0.15) is 46.5 Å². The average molecular weight is 229 g/mol. The van der Waals surface area contributed by atoms with Crippen molar-refractivity contribution in [3.63, 3.8) is 0 Å². The summed E-state index contributed by atoms with van der Waals surface area (Å²) in [6, 6.07) is 1.09. The third-order valence-electron chi connectivity index (χ3n) is 3.17. The van der Waals surface area contributed by atoms with Crippen molar-refractivity contribution in [3.05, 3.63) is 0 Å². The number of ether oxygens (including phenoxy) is 2. The minimum absolute atomic E-state index is 0.381. The van der Waals surface area contributed by atoms with E-state index >= 15 is 0 Å². The van der Waals surface area contributed by atoms with E-state index in [2.05, 4.69) is 26.1 Å². The molecule has 0 aliphatic carbocycles. The maximum atomic E-state index is 5.75. The van der Waals surface area contributed by atoms with E-state index in [9.17, 15) is 0 Å². The lowest BCUT2D eigenvalue weighted by molar-refractivity contribution is -0.0449. The van der Waals surface area contributed by atoms with E-state index in [1.807, 2.05) is 0 Å². The zero-order valence-electron chi connectivity index (χ0n) is 11.2. The molecule has 0 saturated carbocycles. The zero-order valence-corrected chi connectivity index (χ0v) is 11.2. The molecule has 3 atom stereocenters. The molecule has 0 bridgehead atoms. The van der Waals surface area contributed by atoms with Gasteiger partial charge in [-0.25, -0.2) is 0 Å². The van der Waals surface area contributed by atoms with Gasteiger partial charge < -0.3 is 14.8 Å². The molecule has 3 unspecified atom stereocenters. The molecule has 3 heteroatoms. The van der Waals surface area contributed by atoms with Crippen LogP contribution in [-0.2, 0) is 9.47 Å². The summed E-state index contributed by atoms with van der Waals surface area (Å²) in [7, 11) is 1.78. The predicted octanol–water partition coefficient (Wildman–Crippen LogP) is 2.35. The summed E-state index contributed by atoms with van der Waals surface area (Å²) in [5.74, 6) is 0. The van der Waals surface area contributed by atoms with Crippen LogP contribution in [0, 0.1) is 0 Å². The van der Waals surface area contributed by atoms with Crippen LogP contribution in [-0.4, -0.2) is 38.0 Å². The SMILES string of the molecule is CCCC(COC)NC1CC(C)OC(C)C1. The Labute approximate surface area is 99.9 Å². The molecular formula is C13H27NO2. The first-order chi connectivity index (χ1) is 7.65. The molecule has 0 radical (unpaired) electrons. The summed E-state index contributed by atoms with van der Waals surface area (Å²) >= 11 is 0. The molecule has 1 aliphatic heterocycles. The van der Waals surface area contributed by atoms with E-state index in [1.54, 1.807) is 7.11 Å². The third-order valence-corrected chi connectivity index (χ3v) is 3.17. The number of methoxy groups -OCH3 is 1. The molecule has 1 aliphatic rings. The van der Waals surface area contributed by atoms with Gasteiger partial charge in [0.25, 0.3) is 0 Å². The van der Waals surface area contributed by atoms with Crippen LogP contribution < -0.4 is 5.32 Å². The lowest BCUT2D eigenvalue weighted by Gasteiger charge is -2.35. The molecular weight excluding hydrogens is 202 g/mol. The molecule has 1 heterocycles. The lowest BCUT2D eigenvalue weighted by atomic mass is 9.98. The van der Waals surface area contributed by atoms with Gasteiger partial charge in [0.2, 0.25) is 0 Å². The highest BCUT2D eigenvalue weighted by Gasteiger charge is 2.25. The number of hydrogen-bond donors (Lipinski definition) is 1. The zero-order chi connectivity index (χ0) is 12.0. The van der Waals surface area contributed by atoms with Gasteiger partial charge in [-0.05, 0) is 33.1 Å². The van der Waals surface area contributed by atoms with E-state index in [0.717, 1.165) is 19.4 Å². The summed E-state index contributed by atoms with van der Waals surface area (Å²) in [4.78, 5) is 0. The molecule has 1 fully saturated rings. The molecule has 0 amide bonds. The summed E-state index contributed by atoms with van der Waals surface area (Å²) in [5, 5.41) is 3.71. The Bertz CT molecular complexity index is 171. The highest BCUT2D eigenvalue weighted by Crippen LogP contribution is 2.19. The van der Waals surface area contributed by atoms with E-state index in [0.29, 0.717) is 24.3 Å². The van der Waals surface area contributed by atoms with Crippen molar-refractivity contribution in [1.82, 2.24) is 5.32 Å². The van der Waals surface area contributed by atoms with Gasteiger partial charge in [-0.1, -0.05) is 13.3 Å². The third kappa shape index (κ3) is 4.81. The minimum atomic E-state index is 0.381.